The van der Waals surface area contributed by atoms with E-state index in [-0.39, 0.29) is 0 Å². The third-order valence-electron chi connectivity index (χ3n) is 8.85. The van der Waals surface area contributed by atoms with E-state index in [2.05, 4.69) is 121 Å². The molecule has 47 heavy (non-hydrogen) atoms. The SMILES string of the molecule is c1ccc(-c2cc(-c3cc(-c4ccc5ccccc5c4)cc(-c4ccc5oc6ccccc6c5c4)c3)nc(-c3ccccc3)n2)cc1. The molecule has 3 heteroatoms. The third kappa shape index (κ3) is 5.04. The van der Waals surface area contributed by atoms with Crippen LogP contribution >= 0.6 is 0 Å². The summed E-state index contributed by atoms with van der Waals surface area (Å²) in [6.45, 7) is 0. The molecule has 0 aliphatic rings. The summed E-state index contributed by atoms with van der Waals surface area (Å²) in [5.41, 5.74) is 11.1. The van der Waals surface area contributed by atoms with Gasteiger partial charge in [-0.2, -0.15) is 0 Å². The Morgan fingerprint density at radius 1 is 0.319 bits per heavy atom. The fourth-order valence-electron chi connectivity index (χ4n) is 6.45. The van der Waals surface area contributed by atoms with Crippen molar-refractivity contribution in [3.63, 3.8) is 0 Å². The number of hydrogen-bond acceptors (Lipinski definition) is 3. The van der Waals surface area contributed by atoms with Crippen molar-refractivity contribution in [2.24, 2.45) is 0 Å². The highest BCUT2D eigenvalue weighted by atomic mass is 16.3. The Hall–Kier alpha value is -6.32. The number of aromatic nitrogens is 2. The van der Waals surface area contributed by atoms with E-state index in [1.54, 1.807) is 0 Å². The number of benzene rings is 7. The summed E-state index contributed by atoms with van der Waals surface area (Å²) in [5, 5.41) is 4.66. The minimum absolute atomic E-state index is 0.700. The van der Waals surface area contributed by atoms with E-state index in [0.717, 1.165) is 72.3 Å². The molecule has 0 bridgehead atoms. The monoisotopic (exact) mass is 600 g/mol. The van der Waals surface area contributed by atoms with Gasteiger partial charge in [0.25, 0.3) is 0 Å². The summed E-state index contributed by atoms with van der Waals surface area (Å²) in [5.74, 6) is 0.700. The lowest BCUT2D eigenvalue weighted by Crippen LogP contribution is -1.96. The molecule has 0 amide bonds. The molecule has 0 radical (unpaired) electrons. The van der Waals surface area contributed by atoms with Crippen LogP contribution in [-0.4, -0.2) is 9.97 Å². The molecular weight excluding hydrogens is 572 g/mol. The number of nitrogens with zero attached hydrogens (tertiary/aromatic N) is 2. The molecule has 0 saturated heterocycles. The molecule has 0 fully saturated rings. The first-order chi connectivity index (χ1) is 23.2. The number of fused-ring (bicyclic) bond motifs is 4. The molecule has 0 aliphatic heterocycles. The average Bonchev–Trinajstić information content (AvgIpc) is 3.53. The van der Waals surface area contributed by atoms with Gasteiger partial charge in [-0.1, -0.05) is 121 Å². The highest BCUT2D eigenvalue weighted by molar-refractivity contribution is 6.06. The lowest BCUT2D eigenvalue weighted by molar-refractivity contribution is 0.669. The molecule has 2 aromatic heterocycles. The summed E-state index contributed by atoms with van der Waals surface area (Å²) in [6.07, 6.45) is 0. The highest BCUT2D eigenvalue weighted by Gasteiger charge is 2.15. The summed E-state index contributed by atoms with van der Waals surface area (Å²) in [4.78, 5) is 10.2. The topological polar surface area (TPSA) is 38.9 Å². The van der Waals surface area contributed by atoms with Crippen LogP contribution in [0.4, 0.5) is 0 Å². The van der Waals surface area contributed by atoms with E-state index in [4.69, 9.17) is 14.4 Å². The van der Waals surface area contributed by atoms with Gasteiger partial charge in [0.1, 0.15) is 11.2 Å². The maximum absolute atomic E-state index is 6.16. The van der Waals surface area contributed by atoms with Crippen molar-refractivity contribution in [2.75, 3.05) is 0 Å². The van der Waals surface area contributed by atoms with Gasteiger partial charge in [-0.15, -0.1) is 0 Å². The smallest absolute Gasteiger partial charge is 0.160 e. The predicted molar refractivity (Wildman–Crippen MR) is 194 cm³/mol. The second kappa shape index (κ2) is 11.2. The zero-order valence-electron chi connectivity index (χ0n) is 25.5. The lowest BCUT2D eigenvalue weighted by atomic mass is 9.93. The van der Waals surface area contributed by atoms with Crippen LogP contribution in [0.3, 0.4) is 0 Å². The quantitative estimate of drug-likeness (QED) is 0.197. The maximum Gasteiger partial charge on any atom is 0.160 e. The predicted octanol–water partition coefficient (Wildman–Crippen LogP) is 11.9. The standard InChI is InChI=1S/C44H28N2O/c1-3-12-30(13-4-1)40-28-41(46-44(45-40)31-14-5-2-6-15-31)37-25-35(33-20-19-29-11-7-8-16-32(29)23-33)24-36(26-37)34-21-22-43-39(27-34)38-17-9-10-18-42(38)47-43/h1-28H. The first-order valence-electron chi connectivity index (χ1n) is 15.8. The zero-order chi connectivity index (χ0) is 31.2. The summed E-state index contributed by atoms with van der Waals surface area (Å²) in [7, 11) is 0. The Morgan fingerprint density at radius 2 is 0.894 bits per heavy atom. The van der Waals surface area contributed by atoms with Gasteiger partial charge in [-0.3, -0.25) is 0 Å². The van der Waals surface area contributed by atoms with Gasteiger partial charge < -0.3 is 4.42 Å². The molecule has 2 heterocycles. The van der Waals surface area contributed by atoms with Crippen LogP contribution in [0.25, 0.3) is 88.9 Å². The fourth-order valence-corrected chi connectivity index (χ4v) is 6.45. The Morgan fingerprint density at radius 3 is 1.68 bits per heavy atom. The molecule has 3 nitrogen and oxygen atoms in total. The fraction of sp³-hybridized carbons (Fsp3) is 0. The van der Waals surface area contributed by atoms with Gasteiger partial charge >= 0.3 is 0 Å². The Bertz CT molecular complexity index is 2510. The van der Waals surface area contributed by atoms with Gasteiger partial charge in [0, 0.05) is 27.5 Å². The largest absolute Gasteiger partial charge is 0.456 e. The van der Waals surface area contributed by atoms with Crippen molar-refractivity contribution in [3.8, 4) is 56.2 Å². The van der Waals surface area contributed by atoms with Gasteiger partial charge in [0.05, 0.1) is 11.4 Å². The van der Waals surface area contributed by atoms with Crippen LogP contribution in [0.2, 0.25) is 0 Å². The molecule has 9 rings (SSSR count). The van der Waals surface area contributed by atoms with Crippen molar-refractivity contribution in [3.05, 3.63) is 170 Å². The van der Waals surface area contributed by atoms with Gasteiger partial charge in [0.2, 0.25) is 0 Å². The summed E-state index contributed by atoms with van der Waals surface area (Å²) < 4.78 is 6.16. The Labute approximate surface area is 272 Å². The molecule has 0 saturated carbocycles. The molecule has 0 atom stereocenters. The second-order valence-corrected chi connectivity index (χ2v) is 11.9. The molecule has 220 valence electrons. The van der Waals surface area contributed by atoms with Gasteiger partial charge in [-0.05, 0) is 81.6 Å². The van der Waals surface area contributed by atoms with Crippen molar-refractivity contribution >= 4 is 32.7 Å². The summed E-state index contributed by atoms with van der Waals surface area (Å²) in [6, 6.07) is 59.3. The third-order valence-corrected chi connectivity index (χ3v) is 8.85. The molecular formula is C44H28N2O. The van der Waals surface area contributed by atoms with Crippen molar-refractivity contribution < 1.29 is 4.42 Å². The van der Waals surface area contributed by atoms with E-state index >= 15 is 0 Å². The van der Waals surface area contributed by atoms with E-state index in [1.807, 2.05) is 48.5 Å². The van der Waals surface area contributed by atoms with Gasteiger partial charge in [-0.25, -0.2) is 9.97 Å². The highest BCUT2D eigenvalue weighted by Crippen LogP contribution is 2.38. The Balaban J connectivity index is 1.28. The zero-order valence-corrected chi connectivity index (χ0v) is 25.5. The molecule has 0 unspecified atom stereocenters. The first-order valence-corrected chi connectivity index (χ1v) is 15.8. The van der Waals surface area contributed by atoms with E-state index in [9.17, 15) is 0 Å². The van der Waals surface area contributed by atoms with Crippen LogP contribution < -0.4 is 0 Å². The molecule has 9 aromatic rings. The number of hydrogen-bond donors (Lipinski definition) is 0. The van der Waals surface area contributed by atoms with E-state index in [0.29, 0.717) is 5.82 Å². The van der Waals surface area contributed by atoms with Crippen molar-refractivity contribution in [2.45, 2.75) is 0 Å². The normalized spacial score (nSPS) is 11.4. The summed E-state index contributed by atoms with van der Waals surface area (Å²) >= 11 is 0. The van der Waals surface area contributed by atoms with Crippen LogP contribution in [0.1, 0.15) is 0 Å². The van der Waals surface area contributed by atoms with Crippen LogP contribution in [0, 0.1) is 0 Å². The van der Waals surface area contributed by atoms with E-state index in [1.165, 1.54) is 10.8 Å². The first kappa shape index (κ1) is 27.0. The molecule has 0 spiro atoms. The average molecular weight is 601 g/mol. The van der Waals surface area contributed by atoms with Gasteiger partial charge in [0.15, 0.2) is 5.82 Å². The second-order valence-electron chi connectivity index (χ2n) is 11.9. The lowest BCUT2D eigenvalue weighted by Gasteiger charge is -2.14. The molecule has 0 aliphatic carbocycles. The van der Waals surface area contributed by atoms with Crippen LogP contribution in [0.5, 0.6) is 0 Å². The number of para-hydroxylation sites is 1. The maximum atomic E-state index is 6.16. The van der Waals surface area contributed by atoms with Crippen molar-refractivity contribution in [1.82, 2.24) is 9.97 Å². The number of furan rings is 1. The van der Waals surface area contributed by atoms with E-state index < -0.39 is 0 Å². The number of rotatable bonds is 5. The minimum Gasteiger partial charge on any atom is -0.456 e. The van der Waals surface area contributed by atoms with Crippen LogP contribution in [0.15, 0.2) is 174 Å². The van der Waals surface area contributed by atoms with Crippen LogP contribution in [-0.2, 0) is 0 Å². The Kier molecular flexibility index (Phi) is 6.46. The molecule has 7 aromatic carbocycles. The molecule has 0 N–H and O–H groups in total. The minimum atomic E-state index is 0.700. The van der Waals surface area contributed by atoms with Crippen molar-refractivity contribution in [1.29, 1.82) is 0 Å².